The summed E-state index contributed by atoms with van der Waals surface area (Å²) in [5, 5.41) is 1.04. The fourth-order valence-electron chi connectivity index (χ4n) is 3.23. The van der Waals surface area contributed by atoms with E-state index in [1.165, 1.54) is 28.7 Å². The Bertz CT molecular complexity index is 716. The number of allylic oxidation sites excluding steroid dienone is 2. The van der Waals surface area contributed by atoms with Gasteiger partial charge < -0.3 is 4.74 Å². The summed E-state index contributed by atoms with van der Waals surface area (Å²) in [5.41, 5.74) is 5.22. The van der Waals surface area contributed by atoms with E-state index < -0.39 is 0 Å². The van der Waals surface area contributed by atoms with Crippen molar-refractivity contribution < 1.29 is 4.74 Å². The standard InChI is InChI=1S/C23H25BrO/c24-16-7-8-17-25-23-21(18-19-10-3-1-4-11-19)14-9-15-22(23)20-12-5-2-6-13-20/h1-6,10-13,18H,7-9,14-17H2. The lowest BCUT2D eigenvalue weighted by atomic mass is 9.88. The van der Waals surface area contributed by atoms with Crippen LogP contribution in [0.3, 0.4) is 0 Å². The summed E-state index contributed by atoms with van der Waals surface area (Å²) in [5.74, 6) is 1.11. The molecule has 1 nitrogen and oxygen atoms in total. The SMILES string of the molecule is BrCCCCOC1=C(c2ccccc2)CCCC1=Cc1ccccc1. The van der Waals surface area contributed by atoms with Gasteiger partial charge in [-0.3, -0.25) is 0 Å². The molecule has 1 aliphatic carbocycles. The zero-order chi connectivity index (χ0) is 17.3. The van der Waals surface area contributed by atoms with Crippen LogP contribution in [0.1, 0.15) is 43.2 Å². The number of hydrogen-bond donors (Lipinski definition) is 0. The van der Waals surface area contributed by atoms with Gasteiger partial charge in [-0.25, -0.2) is 0 Å². The van der Waals surface area contributed by atoms with Crippen LogP contribution in [-0.4, -0.2) is 11.9 Å². The van der Waals surface area contributed by atoms with Crippen LogP contribution >= 0.6 is 15.9 Å². The molecule has 0 fully saturated rings. The lowest BCUT2D eigenvalue weighted by Gasteiger charge is -2.24. The molecule has 0 aromatic heterocycles. The number of alkyl halides is 1. The maximum atomic E-state index is 6.33. The molecule has 0 saturated carbocycles. The highest BCUT2D eigenvalue weighted by Gasteiger charge is 2.20. The fourth-order valence-corrected chi connectivity index (χ4v) is 3.63. The van der Waals surface area contributed by atoms with Gasteiger partial charge in [0.25, 0.3) is 0 Å². The van der Waals surface area contributed by atoms with E-state index in [4.69, 9.17) is 4.74 Å². The van der Waals surface area contributed by atoms with Gasteiger partial charge in [0, 0.05) is 10.9 Å². The van der Waals surface area contributed by atoms with Crippen molar-refractivity contribution in [1.82, 2.24) is 0 Å². The van der Waals surface area contributed by atoms with Crippen LogP contribution in [0, 0.1) is 0 Å². The molecule has 0 aliphatic heterocycles. The second-order valence-corrected chi connectivity index (χ2v) is 7.15. The lowest BCUT2D eigenvalue weighted by Crippen LogP contribution is -2.08. The molecule has 2 heteroatoms. The first-order valence-corrected chi connectivity index (χ1v) is 10.2. The van der Waals surface area contributed by atoms with Crippen LogP contribution in [0.5, 0.6) is 0 Å². The summed E-state index contributed by atoms with van der Waals surface area (Å²) in [6.45, 7) is 0.781. The Morgan fingerprint density at radius 1 is 0.880 bits per heavy atom. The van der Waals surface area contributed by atoms with Gasteiger partial charge in [-0.15, -0.1) is 0 Å². The van der Waals surface area contributed by atoms with E-state index >= 15 is 0 Å². The molecule has 1 aliphatic rings. The molecule has 0 saturated heterocycles. The maximum absolute atomic E-state index is 6.33. The molecule has 130 valence electrons. The van der Waals surface area contributed by atoms with E-state index in [1.54, 1.807) is 0 Å². The summed E-state index contributed by atoms with van der Waals surface area (Å²) in [7, 11) is 0. The van der Waals surface area contributed by atoms with Crippen molar-refractivity contribution in [3.63, 3.8) is 0 Å². The first kappa shape index (κ1) is 18.0. The minimum atomic E-state index is 0.781. The zero-order valence-electron chi connectivity index (χ0n) is 14.6. The largest absolute Gasteiger partial charge is 0.493 e. The van der Waals surface area contributed by atoms with Crippen molar-refractivity contribution in [3.8, 4) is 0 Å². The number of ether oxygens (including phenoxy) is 1. The second kappa shape index (κ2) is 9.62. The third kappa shape index (κ3) is 5.09. The summed E-state index contributed by atoms with van der Waals surface area (Å²) in [4.78, 5) is 0. The van der Waals surface area contributed by atoms with Crippen LogP contribution in [0.15, 0.2) is 72.0 Å². The van der Waals surface area contributed by atoms with E-state index in [0.29, 0.717) is 0 Å². The number of halogens is 1. The minimum absolute atomic E-state index is 0.781. The molecule has 0 N–H and O–H groups in total. The Labute approximate surface area is 159 Å². The Balaban J connectivity index is 1.94. The molecule has 2 aromatic carbocycles. The van der Waals surface area contributed by atoms with Crippen molar-refractivity contribution in [2.75, 3.05) is 11.9 Å². The highest BCUT2D eigenvalue weighted by Crippen LogP contribution is 2.37. The van der Waals surface area contributed by atoms with E-state index in [2.05, 4.69) is 82.7 Å². The Morgan fingerprint density at radius 3 is 2.32 bits per heavy atom. The maximum Gasteiger partial charge on any atom is 0.126 e. The van der Waals surface area contributed by atoms with Gasteiger partial charge in [0.2, 0.25) is 0 Å². The third-order valence-electron chi connectivity index (χ3n) is 4.48. The zero-order valence-corrected chi connectivity index (χ0v) is 16.2. The van der Waals surface area contributed by atoms with Crippen LogP contribution < -0.4 is 0 Å². The van der Waals surface area contributed by atoms with Gasteiger partial charge in [-0.2, -0.15) is 0 Å². The molecule has 0 heterocycles. The highest BCUT2D eigenvalue weighted by atomic mass is 79.9. The molecule has 0 unspecified atom stereocenters. The van der Waals surface area contributed by atoms with Crippen molar-refractivity contribution in [3.05, 3.63) is 83.1 Å². The quantitative estimate of drug-likeness (QED) is 0.366. The van der Waals surface area contributed by atoms with E-state index in [9.17, 15) is 0 Å². The normalized spacial score (nSPS) is 16.3. The predicted molar refractivity (Wildman–Crippen MR) is 111 cm³/mol. The van der Waals surface area contributed by atoms with Gasteiger partial charge in [0.05, 0.1) is 6.61 Å². The molecule has 0 bridgehead atoms. The summed E-state index contributed by atoms with van der Waals surface area (Å²) in [6.07, 6.45) is 7.86. The monoisotopic (exact) mass is 396 g/mol. The van der Waals surface area contributed by atoms with Crippen molar-refractivity contribution >= 4 is 27.6 Å². The van der Waals surface area contributed by atoms with E-state index in [0.717, 1.165) is 43.4 Å². The molecule has 25 heavy (non-hydrogen) atoms. The molecule has 0 radical (unpaired) electrons. The predicted octanol–water partition coefficient (Wildman–Crippen LogP) is 6.86. The number of hydrogen-bond acceptors (Lipinski definition) is 1. The minimum Gasteiger partial charge on any atom is -0.493 e. The van der Waals surface area contributed by atoms with Gasteiger partial charge in [0.1, 0.15) is 5.76 Å². The van der Waals surface area contributed by atoms with Crippen molar-refractivity contribution in [2.45, 2.75) is 32.1 Å². The summed E-state index contributed by atoms with van der Waals surface area (Å²) in [6, 6.07) is 21.3. The van der Waals surface area contributed by atoms with Crippen LogP contribution in [0.2, 0.25) is 0 Å². The lowest BCUT2D eigenvalue weighted by molar-refractivity contribution is 0.213. The summed E-state index contributed by atoms with van der Waals surface area (Å²) < 4.78 is 6.33. The molecule has 2 aromatic rings. The van der Waals surface area contributed by atoms with Crippen LogP contribution in [0.4, 0.5) is 0 Å². The topological polar surface area (TPSA) is 9.23 Å². The van der Waals surface area contributed by atoms with E-state index in [-0.39, 0.29) is 0 Å². The third-order valence-corrected chi connectivity index (χ3v) is 5.04. The Morgan fingerprint density at radius 2 is 1.60 bits per heavy atom. The van der Waals surface area contributed by atoms with Crippen LogP contribution in [0.25, 0.3) is 11.6 Å². The molecular weight excluding hydrogens is 372 g/mol. The number of unbranched alkanes of at least 4 members (excludes halogenated alkanes) is 1. The van der Waals surface area contributed by atoms with Gasteiger partial charge >= 0.3 is 0 Å². The van der Waals surface area contributed by atoms with Crippen molar-refractivity contribution in [2.24, 2.45) is 0 Å². The average molecular weight is 397 g/mol. The van der Waals surface area contributed by atoms with Crippen molar-refractivity contribution in [1.29, 1.82) is 0 Å². The first-order chi connectivity index (χ1) is 12.4. The number of rotatable bonds is 7. The second-order valence-electron chi connectivity index (χ2n) is 6.35. The summed E-state index contributed by atoms with van der Waals surface area (Å²) >= 11 is 3.50. The smallest absolute Gasteiger partial charge is 0.126 e. The first-order valence-electron chi connectivity index (χ1n) is 9.12. The molecular formula is C23H25BrO. The van der Waals surface area contributed by atoms with Gasteiger partial charge in [0.15, 0.2) is 0 Å². The Kier molecular flexibility index (Phi) is 6.93. The molecule has 0 atom stereocenters. The highest BCUT2D eigenvalue weighted by molar-refractivity contribution is 9.09. The molecule has 0 spiro atoms. The number of benzene rings is 2. The van der Waals surface area contributed by atoms with E-state index in [1.807, 2.05) is 0 Å². The molecule has 0 amide bonds. The fraction of sp³-hybridized carbons (Fsp3) is 0.304. The molecule has 3 rings (SSSR count). The van der Waals surface area contributed by atoms with Gasteiger partial charge in [-0.05, 0) is 54.9 Å². The Hall–Kier alpha value is -1.80. The van der Waals surface area contributed by atoms with Gasteiger partial charge in [-0.1, -0.05) is 76.6 Å². The average Bonchev–Trinajstić information content (AvgIpc) is 2.67. The van der Waals surface area contributed by atoms with Crippen LogP contribution in [-0.2, 0) is 4.74 Å².